The predicted molar refractivity (Wildman–Crippen MR) is 107 cm³/mol. The summed E-state index contributed by atoms with van der Waals surface area (Å²) in [5.41, 5.74) is 0. The third-order valence-electron chi connectivity index (χ3n) is 5.39. The van der Waals surface area contributed by atoms with Gasteiger partial charge in [-0.25, -0.2) is 13.2 Å². The molecule has 1 aliphatic carbocycles. The minimum Gasteiger partial charge on any atom is -0.451 e. The number of ether oxygens (including phenoxy) is 1. The maximum absolute atomic E-state index is 12.8. The second-order valence-electron chi connectivity index (χ2n) is 7.46. The van der Waals surface area contributed by atoms with E-state index in [1.165, 1.54) is 29.6 Å². The van der Waals surface area contributed by atoms with Crippen LogP contribution in [0, 0.1) is 5.92 Å². The Morgan fingerprint density at radius 3 is 2.50 bits per heavy atom. The van der Waals surface area contributed by atoms with Gasteiger partial charge in [0.25, 0.3) is 5.91 Å². The first kappa shape index (κ1) is 21.3. The average molecular weight is 429 g/mol. The normalized spacial score (nSPS) is 19.3. The van der Waals surface area contributed by atoms with Crippen molar-refractivity contribution in [2.75, 3.05) is 26.2 Å². The number of esters is 1. The van der Waals surface area contributed by atoms with Crippen molar-refractivity contribution in [3.05, 3.63) is 16.3 Å². The van der Waals surface area contributed by atoms with Crippen LogP contribution in [0.5, 0.6) is 0 Å². The number of nitrogens with zero attached hydrogens (tertiary/aromatic N) is 1. The SMILES string of the molecule is O=C(COC(=O)c1sccc1S(=O)(=O)N1CCCCC1)NCC1CCCCC1. The molecule has 2 heterocycles. The molecular formula is C19H28N2O5S2. The van der Waals surface area contributed by atoms with Crippen LogP contribution in [0.25, 0.3) is 0 Å². The molecule has 9 heteroatoms. The van der Waals surface area contributed by atoms with Gasteiger partial charge in [0.05, 0.1) is 0 Å². The van der Waals surface area contributed by atoms with E-state index in [1.54, 1.807) is 5.38 Å². The molecule has 0 bridgehead atoms. The molecule has 1 amide bonds. The van der Waals surface area contributed by atoms with Gasteiger partial charge in [-0.15, -0.1) is 11.3 Å². The van der Waals surface area contributed by atoms with Crippen molar-refractivity contribution in [2.45, 2.75) is 56.3 Å². The van der Waals surface area contributed by atoms with Gasteiger partial charge in [-0.2, -0.15) is 4.31 Å². The van der Waals surface area contributed by atoms with Crippen LogP contribution >= 0.6 is 11.3 Å². The van der Waals surface area contributed by atoms with Gasteiger partial charge < -0.3 is 10.1 Å². The molecule has 2 fully saturated rings. The second-order valence-corrected chi connectivity index (χ2v) is 10.3. The topological polar surface area (TPSA) is 92.8 Å². The van der Waals surface area contributed by atoms with Crippen molar-refractivity contribution in [2.24, 2.45) is 5.92 Å². The summed E-state index contributed by atoms with van der Waals surface area (Å²) in [4.78, 5) is 24.4. The van der Waals surface area contributed by atoms with Gasteiger partial charge in [0.1, 0.15) is 9.77 Å². The molecule has 0 atom stereocenters. The van der Waals surface area contributed by atoms with Gasteiger partial charge >= 0.3 is 5.97 Å². The first-order valence-electron chi connectivity index (χ1n) is 10.00. The minimum absolute atomic E-state index is 0.0213. The summed E-state index contributed by atoms with van der Waals surface area (Å²) in [6, 6.07) is 1.44. The molecule has 2 aliphatic rings. The third kappa shape index (κ3) is 5.33. The molecule has 1 saturated heterocycles. The van der Waals surface area contributed by atoms with Gasteiger partial charge in [0, 0.05) is 19.6 Å². The minimum atomic E-state index is -3.72. The molecule has 0 radical (unpaired) electrons. The van der Waals surface area contributed by atoms with E-state index in [0.717, 1.165) is 43.4 Å². The van der Waals surface area contributed by atoms with E-state index in [9.17, 15) is 18.0 Å². The lowest BCUT2D eigenvalue weighted by Crippen LogP contribution is -2.36. The smallest absolute Gasteiger partial charge is 0.350 e. The summed E-state index contributed by atoms with van der Waals surface area (Å²) in [5, 5.41) is 4.38. The van der Waals surface area contributed by atoms with Crippen molar-refractivity contribution in [3.8, 4) is 0 Å². The summed E-state index contributed by atoms with van der Waals surface area (Å²) < 4.78 is 32.2. The quantitative estimate of drug-likeness (QED) is 0.674. The van der Waals surface area contributed by atoms with Crippen LogP contribution < -0.4 is 5.32 Å². The van der Waals surface area contributed by atoms with Crippen molar-refractivity contribution >= 4 is 33.2 Å². The molecule has 1 aromatic heterocycles. The van der Waals surface area contributed by atoms with Crippen LogP contribution in [0.2, 0.25) is 0 Å². The highest BCUT2D eigenvalue weighted by molar-refractivity contribution is 7.89. The van der Waals surface area contributed by atoms with Gasteiger partial charge in [0.2, 0.25) is 10.0 Å². The Bertz CT molecular complexity index is 778. The fraction of sp³-hybridized carbons (Fsp3) is 0.684. The summed E-state index contributed by atoms with van der Waals surface area (Å²) in [6.45, 7) is 1.14. The van der Waals surface area contributed by atoms with Crippen LogP contribution in [-0.4, -0.2) is 50.8 Å². The number of thiophene rings is 1. The standard InChI is InChI=1S/C19H28N2O5S2/c22-17(20-13-15-7-3-1-4-8-15)14-26-19(23)18-16(9-12-27-18)28(24,25)21-10-5-2-6-11-21/h9,12,15H,1-8,10-11,13-14H2,(H,20,22). The Balaban J connectivity index is 1.53. The van der Waals surface area contributed by atoms with E-state index in [0.29, 0.717) is 25.6 Å². The zero-order valence-electron chi connectivity index (χ0n) is 16.0. The lowest BCUT2D eigenvalue weighted by atomic mass is 9.89. The predicted octanol–water partition coefficient (Wildman–Crippen LogP) is 2.78. The summed E-state index contributed by atoms with van der Waals surface area (Å²) in [5.74, 6) is -0.624. The number of carbonyl (C=O) groups is 2. The zero-order chi connectivity index (χ0) is 20.0. The molecule has 1 aliphatic heterocycles. The second kappa shape index (κ2) is 9.84. The largest absolute Gasteiger partial charge is 0.451 e. The monoisotopic (exact) mass is 428 g/mol. The van der Waals surface area contributed by atoms with Crippen LogP contribution in [0.15, 0.2) is 16.3 Å². The number of hydrogen-bond acceptors (Lipinski definition) is 6. The van der Waals surface area contributed by atoms with Crippen LogP contribution in [-0.2, 0) is 19.6 Å². The number of sulfonamides is 1. The lowest BCUT2D eigenvalue weighted by Gasteiger charge is -2.25. The van der Waals surface area contributed by atoms with E-state index in [2.05, 4.69) is 5.32 Å². The Hall–Kier alpha value is -1.45. The van der Waals surface area contributed by atoms with E-state index in [-0.39, 0.29) is 15.7 Å². The number of piperidine rings is 1. The van der Waals surface area contributed by atoms with Crippen molar-refractivity contribution in [3.63, 3.8) is 0 Å². The summed E-state index contributed by atoms with van der Waals surface area (Å²) >= 11 is 1.02. The lowest BCUT2D eigenvalue weighted by molar-refractivity contribution is -0.124. The Kier molecular flexibility index (Phi) is 7.48. The highest BCUT2D eigenvalue weighted by Crippen LogP contribution is 2.28. The molecule has 0 aromatic carbocycles. The molecule has 1 saturated carbocycles. The number of carbonyl (C=O) groups excluding carboxylic acids is 2. The van der Waals surface area contributed by atoms with Crippen molar-refractivity contribution in [1.29, 1.82) is 0 Å². The van der Waals surface area contributed by atoms with Gasteiger partial charge in [0.15, 0.2) is 6.61 Å². The highest BCUT2D eigenvalue weighted by Gasteiger charge is 2.31. The van der Waals surface area contributed by atoms with Crippen LogP contribution in [0.4, 0.5) is 0 Å². The first-order valence-corrected chi connectivity index (χ1v) is 12.3. The average Bonchev–Trinajstić information content (AvgIpc) is 3.23. The molecule has 156 valence electrons. The molecular weight excluding hydrogens is 400 g/mol. The Morgan fingerprint density at radius 1 is 1.11 bits per heavy atom. The van der Waals surface area contributed by atoms with E-state index in [1.807, 2.05) is 0 Å². The fourth-order valence-corrected chi connectivity index (χ4v) is 6.59. The molecule has 7 nitrogen and oxygen atoms in total. The molecule has 0 spiro atoms. The number of amides is 1. The summed E-state index contributed by atoms with van der Waals surface area (Å²) in [7, 11) is -3.72. The molecule has 28 heavy (non-hydrogen) atoms. The van der Waals surface area contributed by atoms with E-state index in [4.69, 9.17) is 4.74 Å². The first-order chi connectivity index (χ1) is 13.5. The summed E-state index contributed by atoms with van der Waals surface area (Å²) in [6.07, 6.45) is 8.55. The molecule has 0 unspecified atom stereocenters. The van der Waals surface area contributed by atoms with Gasteiger partial charge in [-0.1, -0.05) is 25.7 Å². The van der Waals surface area contributed by atoms with Crippen LogP contribution in [0.1, 0.15) is 61.0 Å². The maximum Gasteiger partial charge on any atom is 0.350 e. The number of nitrogens with one attached hydrogen (secondary N) is 1. The Morgan fingerprint density at radius 2 is 1.79 bits per heavy atom. The third-order valence-corrected chi connectivity index (χ3v) is 8.36. The van der Waals surface area contributed by atoms with E-state index >= 15 is 0 Å². The number of rotatable bonds is 7. The van der Waals surface area contributed by atoms with E-state index < -0.39 is 22.6 Å². The van der Waals surface area contributed by atoms with Crippen LogP contribution in [0.3, 0.4) is 0 Å². The van der Waals surface area contributed by atoms with Crippen molar-refractivity contribution < 1.29 is 22.7 Å². The Labute approximate surface area is 170 Å². The zero-order valence-corrected chi connectivity index (χ0v) is 17.7. The van der Waals surface area contributed by atoms with Gasteiger partial charge in [-0.05, 0) is 43.0 Å². The highest BCUT2D eigenvalue weighted by atomic mass is 32.2. The van der Waals surface area contributed by atoms with Crippen molar-refractivity contribution in [1.82, 2.24) is 9.62 Å². The maximum atomic E-state index is 12.8. The molecule has 3 rings (SSSR count). The molecule has 1 aromatic rings. The molecule has 1 N–H and O–H groups in total. The number of hydrogen-bond donors (Lipinski definition) is 1. The fourth-order valence-electron chi connectivity index (χ4n) is 3.79. The van der Waals surface area contributed by atoms with Gasteiger partial charge in [-0.3, -0.25) is 4.79 Å².